The highest BCUT2D eigenvalue weighted by atomic mass is 19.4. The number of alkyl halides is 3. The van der Waals surface area contributed by atoms with Gasteiger partial charge in [0.15, 0.2) is 0 Å². The van der Waals surface area contributed by atoms with Crippen LogP contribution >= 0.6 is 0 Å². The Morgan fingerprint density at radius 3 is 2.41 bits per heavy atom. The molecule has 0 bridgehead atoms. The Kier molecular flexibility index (Phi) is 3.34. The molecule has 1 saturated heterocycles. The van der Waals surface area contributed by atoms with Crippen LogP contribution in [0.15, 0.2) is 0 Å². The maximum Gasteiger partial charge on any atom is 0.391 e. The molecule has 2 rings (SSSR count). The lowest BCUT2D eigenvalue weighted by Crippen LogP contribution is -2.56. The van der Waals surface area contributed by atoms with Crippen molar-refractivity contribution >= 4 is 5.97 Å². The maximum absolute atomic E-state index is 12.6. The molecule has 3 nitrogen and oxygen atoms in total. The molecule has 0 amide bonds. The van der Waals surface area contributed by atoms with Crippen molar-refractivity contribution in [3.63, 3.8) is 0 Å². The smallest absolute Gasteiger partial charge is 0.391 e. The summed E-state index contributed by atoms with van der Waals surface area (Å²) in [6.45, 7) is 0.815. The highest BCUT2D eigenvalue weighted by Gasteiger charge is 2.45. The van der Waals surface area contributed by atoms with Crippen LogP contribution in [-0.4, -0.2) is 41.3 Å². The van der Waals surface area contributed by atoms with Gasteiger partial charge in [-0.05, 0) is 19.3 Å². The molecule has 0 aromatic heterocycles. The number of nitrogens with zero attached hydrogens (tertiary/aromatic N) is 1. The lowest BCUT2D eigenvalue weighted by Gasteiger charge is -2.45. The van der Waals surface area contributed by atoms with Crippen LogP contribution in [0.4, 0.5) is 13.2 Å². The van der Waals surface area contributed by atoms with E-state index in [1.165, 1.54) is 0 Å². The number of carboxylic acids is 1. The fourth-order valence-corrected chi connectivity index (χ4v) is 2.76. The third kappa shape index (κ3) is 2.73. The van der Waals surface area contributed by atoms with Crippen molar-refractivity contribution in [2.75, 3.05) is 13.1 Å². The summed E-state index contributed by atoms with van der Waals surface area (Å²) in [5, 5.41) is 8.72. The summed E-state index contributed by atoms with van der Waals surface area (Å²) < 4.78 is 37.8. The van der Waals surface area contributed by atoms with Crippen LogP contribution in [0, 0.1) is 11.8 Å². The molecular formula is C11H16F3NO2. The number of aliphatic carboxylic acids is 1. The Hall–Kier alpha value is -0.780. The zero-order valence-electron chi connectivity index (χ0n) is 9.41. The van der Waals surface area contributed by atoms with E-state index in [-0.39, 0.29) is 24.8 Å². The van der Waals surface area contributed by atoms with E-state index in [0.29, 0.717) is 19.5 Å². The fourth-order valence-electron chi connectivity index (χ4n) is 2.76. The number of likely N-dealkylation sites (tertiary alicyclic amines) is 1. The largest absolute Gasteiger partial charge is 0.481 e. The molecule has 2 fully saturated rings. The zero-order chi connectivity index (χ0) is 12.6. The number of carbonyl (C=O) groups is 1. The average Bonchev–Trinajstić information content (AvgIpc) is 2.13. The minimum Gasteiger partial charge on any atom is -0.481 e. The number of rotatable bonds is 2. The van der Waals surface area contributed by atoms with Gasteiger partial charge in [0.1, 0.15) is 0 Å². The van der Waals surface area contributed by atoms with Gasteiger partial charge in [0.25, 0.3) is 0 Å². The first-order chi connectivity index (χ1) is 7.88. The van der Waals surface area contributed by atoms with E-state index in [2.05, 4.69) is 0 Å². The van der Waals surface area contributed by atoms with Crippen molar-refractivity contribution in [2.24, 2.45) is 11.8 Å². The van der Waals surface area contributed by atoms with Gasteiger partial charge in [-0.1, -0.05) is 6.42 Å². The second-order valence-electron chi connectivity index (χ2n) is 5.05. The molecule has 17 heavy (non-hydrogen) atoms. The maximum atomic E-state index is 12.6. The number of hydrogen-bond donors (Lipinski definition) is 1. The van der Waals surface area contributed by atoms with E-state index in [9.17, 15) is 18.0 Å². The summed E-state index contributed by atoms with van der Waals surface area (Å²) in [4.78, 5) is 12.5. The van der Waals surface area contributed by atoms with E-state index in [1.54, 1.807) is 0 Å². The van der Waals surface area contributed by atoms with Gasteiger partial charge in [-0.2, -0.15) is 13.2 Å². The molecule has 2 atom stereocenters. The molecule has 0 aromatic carbocycles. The van der Waals surface area contributed by atoms with Crippen molar-refractivity contribution in [3.05, 3.63) is 0 Å². The van der Waals surface area contributed by atoms with Crippen molar-refractivity contribution in [2.45, 2.75) is 37.9 Å². The molecule has 1 aliphatic carbocycles. The van der Waals surface area contributed by atoms with Crippen LogP contribution in [-0.2, 0) is 4.79 Å². The van der Waals surface area contributed by atoms with E-state index >= 15 is 0 Å². The standard InChI is InChI=1S/C11H16F3NO2/c12-11(13,14)8-2-1-3-9(4-8)15-5-7(6-15)10(16)17/h7-9H,1-6H2,(H,16,17). The molecule has 0 spiro atoms. The van der Waals surface area contributed by atoms with Gasteiger partial charge in [-0.3, -0.25) is 9.69 Å². The molecule has 6 heteroatoms. The molecule has 1 aliphatic heterocycles. The quantitative estimate of drug-likeness (QED) is 0.817. The zero-order valence-corrected chi connectivity index (χ0v) is 9.41. The normalized spacial score (nSPS) is 32.2. The minimum absolute atomic E-state index is 0.0778. The van der Waals surface area contributed by atoms with E-state index < -0.39 is 18.1 Å². The Balaban J connectivity index is 1.85. The van der Waals surface area contributed by atoms with Crippen molar-refractivity contribution in [1.29, 1.82) is 0 Å². The number of carboxylic acid groups (broad SMARTS) is 1. The molecule has 1 saturated carbocycles. The van der Waals surface area contributed by atoms with Gasteiger partial charge in [0.2, 0.25) is 0 Å². The second-order valence-corrected chi connectivity index (χ2v) is 5.05. The molecule has 2 unspecified atom stereocenters. The Bertz CT molecular complexity index is 300. The number of halogens is 3. The molecule has 0 radical (unpaired) electrons. The summed E-state index contributed by atoms with van der Waals surface area (Å²) in [6.07, 6.45) is -2.40. The minimum atomic E-state index is -4.10. The SMILES string of the molecule is O=C(O)C1CN(C2CCCC(C(F)(F)F)C2)C1. The summed E-state index contributed by atoms with van der Waals surface area (Å²) in [7, 11) is 0. The van der Waals surface area contributed by atoms with Crippen LogP contribution in [0.1, 0.15) is 25.7 Å². The van der Waals surface area contributed by atoms with E-state index in [0.717, 1.165) is 6.42 Å². The highest BCUT2D eigenvalue weighted by Crippen LogP contribution is 2.40. The number of hydrogen-bond acceptors (Lipinski definition) is 2. The first-order valence-electron chi connectivity index (χ1n) is 5.91. The Labute approximate surface area is 97.6 Å². The van der Waals surface area contributed by atoms with Crippen LogP contribution in [0.5, 0.6) is 0 Å². The van der Waals surface area contributed by atoms with Gasteiger partial charge in [0, 0.05) is 19.1 Å². The second kappa shape index (κ2) is 4.48. The van der Waals surface area contributed by atoms with Crippen LogP contribution in [0.3, 0.4) is 0 Å². The first kappa shape index (κ1) is 12.7. The van der Waals surface area contributed by atoms with E-state index in [4.69, 9.17) is 5.11 Å². The molecular weight excluding hydrogens is 235 g/mol. The fraction of sp³-hybridized carbons (Fsp3) is 0.909. The predicted octanol–water partition coefficient (Wildman–Crippen LogP) is 2.12. The van der Waals surface area contributed by atoms with Crippen molar-refractivity contribution in [1.82, 2.24) is 4.90 Å². The molecule has 1 heterocycles. The van der Waals surface area contributed by atoms with Gasteiger partial charge in [0.05, 0.1) is 11.8 Å². The lowest BCUT2D eigenvalue weighted by molar-refractivity contribution is -0.189. The van der Waals surface area contributed by atoms with Crippen molar-refractivity contribution in [3.8, 4) is 0 Å². The first-order valence-corrected chi connectivity index (χ1v) is 5.91. The molecule has 2 aliphatic rings. The third-order valence-corrected chi connectivity index (χ3v) is 3.88. The van der Waals surface area contributed by atoms with Crippen LogP contribution in [0.2, 0.25) is 0 Å². The van der Waals surface area contributed by atoms with Crippen LogP contribution < -0.4 is 0 Å². The van der Waals surface area contributed by atoms with Gasteiger partial charge in [-0.25, -0.2) is 0 Å². The molecule has 0 aromatic rings. The summed E-state index contributed by atoms with van der Waals surface area (Å²) >= 11 is 0. The molecule has 98 valence electrons. The third-order valence-electron chi connectivity index (χ3n) is 3.88. The van der Waals surface area contributed by atoms with Gasteiger partial charge < -0.3 is 5.11 Å². The Morgan fingerprint density at radius 1 is 1.24 bits per heavy atom. The van der Waals surface area contributed by atoms with E-state index in [1.807, 2.05) is 4.90 Å². The summed E-state index contributed by atoms with van der Waals surface area (Å²) in [5.41, 5.74) is 0. The summed E-state index contributed by atoms with van der Waals surface area (Å²) in [5.74, 6) is -2.43. The topological polar surface area (TPSA) is 40.5 Å². The monoisotopic (exact) mass is 251 g/mol. The molecule has 1 N–H and O–H groups in total. The van der Waals surface area contributed by atoms with Gasteiger partial charge in [-0.15, -0.1) is 0 Å². The van der Waals surface area contributed by atoms with Crippen LogP contribution in [0.25, 0.3) is 0 Å². The Morgan fingerprint density at radius 2 is 1.88 bits per heavy atom. The predicted molar refractivity (Wildman–Crippen MR) is 54.5 cm³/mol. The highest BCUT2D eigenvalue weighted by molar-refractivity contribution is 5.71. The van der Waals surface area contributed by atoms with Gasteiger partial charge >= 0.3 is 12.1 Å². The average molecular weight is 251 g/mol. The summed E-state index contributed by atoms with van der Waals surface area (Å²) in [6, 6.07) is -0.0778. The lowest BCUT2D eigenvalue weighted by atomic mass is 9.82. The van der Waals surface area contributed by atoms with Crippen molar-refractivity contribution < 1.29 is 23.1 Å².